The number of hydrogen-bond donors (Lipinski definition) is 2. The van der Waals surface area contributed by atoms with E-state index in [0.717, 1.165) is 17.0 Å². The Bertz CT molecular complexity index is 921. The van der Waals surface area contributed by atoms with Gasteiger partial charge in [0.2, 0.25) is 5.91 Å². The van der Waals surface area contributed by atoms with Crippen LogP contribution >= 0.6 is 0 Å². The molecule has 0 aliphatic heterocycles. The Hall–Kier alpha value is -3.53. The molecule has 0 saturated heterocycles. The van der Waals surface area contributed by atoms with E-state index in [1.807, 2.05) is 0 Å². The summed E-state index contributed by atoms with van der Waals surface area (Å²) in [4.78, 5) is 36.6. The Morgan fingerprint density at radius 1 is 1.31 bits per heavy atom. The molecule has 2 aromatic carbocycles. The molecule has 0 saturated carbocycles. The second-order valence-electron chi connectivity index (χ2n) is 6.18. The van der Waals surface area contributed by atoms with Crippen LogP contribution in [0.25, 0.3) is 0 Å². The van der Waals surface area contributed by atoms with Crippen molar-refractivity contribution in [1.82, 2.24) is 4.90 Å². The number of hydrogen-bond acceptors (Lipinski definition) is 6. The van der Waals surface area contributed by atoms with E-state index in [4.69, 9.17) is 10.5 Å². The second kappa shape index (κ2) is 9.60. The van der Waals surface area contributed by atoms with Crippen molar-refractivity contribution in [2.45, 2.75) is 6.04 Å². The van der Waals surface area contributed by atoms with E-state index in [0.29, 0.717) is 13.2 Å². The molecule has 0 spiro atoms. The number of nitrogens with one attached hydrogen (secondary N) is 1. The SMILES string of the molecule is COCCNc1ccc(C(=O)N(C)C(C(N)=O)c2cccc(F)c2)cc1[N+](=O)[O-]. The maximum Gasteiger partial charge on any atom is 0.293 e. The van der Waals surface area contributed by atoms with Gasteiger partial charge in [-0.3, -0.25) is 19.7 Å². The lowest BCUT2D eigenvalue weighted by Gasteiger charge is -2.26. The summed E-state index contributed by atoms with van der Waals surface area (Å²) in [6.45, 7) is 0.683. The monoisotopic (exact) mass is 404 g/mol. The number of nitro groups is 1. The molecule has 1 unspecified atom stereocenters. The zero-order valence-corrected chi connectivity index (χ0v) is 15.9. The Kier molecular flexibility index (Phi) is 7.21. The minimum Gasteiger partial charge on any atom is -0.383 e. The van der Waals surface area contributed by atoms with Crippen LogP contribution in [0, 0.1) is 15.9 Å². The number of nitro benzene ring substituents is 1. The topological polar surface area (TPSA) is 128 Å². The quantitative estimate of drug-likeness (QED) is 0.374. The number of carbonyl (C=O) groups is 2. The highest BCUT2D eigenvalue weighted by Crippen LogP contribution is 2.28. The Labute approximate surface area is 166 Å². The van der Waals surface area contributed by atoms with Crippen LogP contribution in [-0.4, -0.2) is 48.9 Å². The molecule has 1 atom stereocenters. The number of primary amides is 1. The minimum absolute atomic E-state index is 0.0147. The van der Waals surface area contributed by atoms with Gasteiger partial charge in [0.15, 0.2) is 0 Å². The van der Waals surface area contributed by atoms with Crippen LogP contribution < -0.4 is 11.1 Å². The molecular formula is C19H21FN4O5. The molecule has 3 N–H and O–H groups in total. The van der Waals surface area contributed by atoms with E-state index in [9.17, 15) is 24.1 Å². The average Bonchev–Trinajstić information content (AvgIpc) is 2.67. The number of carbonyl (C=O) groups excluding carboxylic acids is 2. The van der Waals surface area contributed by atoms with Crippen LogP contribution in [0.1, 0.15) is 22.0 Å². The van der Waals surface area contributed by atoms with Crippen LogP contribution in [0.5, 0.6) is 0 Å². The van der Waals surface area contributed by atoms with Crippen molar-refractivity contribution in [2.24, 2.45) is 5.73 Å². The number of nitrogens with zero attached hydrogens (tertiary/aromatic N) is 2. The summed E-state index contributed by atoms with van der Waals surface area (Å²) in [5.74, 6) is -2.12. The molecule has 0 heterocycles. The van der Waals surface area contributed by atoms with Gasteiger partial charge in [0.1, 0.15) is 17.5 Å². The van der Waals surface area contributed by atoms with Crippen LogP contribution in [-0.2, 0) is 9.53 Å². The molecule has 2 rings (SSSR count). The summed E-state index contributed by atoms with van der Waals surface area (Å²) in [6, 6.07) is 7.82. The number of nitrogens with two attached hydrogens (primary N) is 1. The van der Waals surface area contributed by atoms with E-state index in [1.54, 1.807) is 0 Å². The third-order valence-corrected chi connectivity index (χ3v) is 4.20. The summed E-state index contributed by atoms with van der Waals surface area (Å²) in [6.07, 6.45) is 0. The zero-order valence-electron chi connectivity index (χ0n) is 15.9. The van der Waals surface area contributed by atoms with E-state index in [2.05, 4.69) is 5.32 Å². The normalized spacial score (nSPS) is 11.6. The molecule has 0 fully saturated rings. The fourth-order valence-electron chi connectivity index (χ4n) is 2.83. The third-order valence-electron chi connectivity index (χ3n) is 4.20. The largest absolute Gasteiger partial charge is 0.383 e. The van der Waals surface area contributed by atoms with Gasteiger partial charge in [-0.05, 0) is 29.8 Å². The van der Waals surface area contributed by atoms with Crippen LogP contribution in [0.2, 0.25) is 0 Å². The molecule has 154 valence electrons. The van der Waals surface area contributed by atoms with Crippen LogP contribution in [0.15, 0.2) is 42.5 Å². The second-order valence-corrected chi connectivity index (χ2v) is 6.18. The molecule has 9 nitrogen and oxygen atoms in total. The van der Waals surface area contributed by atoms with Gasteiger partial charge in [-0.25, -0.2) is 4.39 Å². The van der Waals surface area contributed by atoms with Gasteiger partial charge >= 0.3 is 0 Å². The molecule has 2 amide bonds. The van der Waals surface area contributed by atoms with Crippen molar-refractivity contribution in [3.8, 4) is 0 Å². The van der Waals surface area contributed by atoms with Gasteiger partial charge in [0.25, 0.3) is 11.6 Å². The molecule has 0 aromatic heterocycles. The van der Waals surface area contributed by atoms with E-state index in [1.165, 1.54) is 44.5 Å². The first-order chi connectivity index (χ1) is 13.8. The number of likely N-dealkylation sites (N-methyl/N-ethyl adjacent to an activating group) is 1. The number of anilines is 1. The first-order valence-electron chi connectivity index (χ1n) is 8.59. The van der Waals surface area contributed by atoms with Crippen LogP contribution in [0.3, 0.4) is 0 Å². The van der Waals surface area contributed by atoms with Gasteiger partial charge in [0, 0.05) is 32.3 Å². The molecule has 0 aliphatic rings. The van der Waals surface area contributed by atoms with E-state index >= 15 is 0 Å². The first-order valence-corrected chi connectivity index (χ1v) is 8.59. The van der Waals surface area contributed by atoms with Crippen molar-refractivity contribution < 1.29 is 23.6 Å². The number of methoxy groups -OCH3 is 1. The van der Waals surface area contributed by atoms with Gasteiger partial charge in [-0.2, -0.15) is 0 Å². The maximum absolute atomic E-state index is 13.5. The molecule has 2 aromatic rings. The molecule has 0 radical (unpaired) electrons. The summed E-state index contributed by atoms with van der Waals surface area (Å²) in [5, 5.41) is 14.3. The van der Waals surface area contributed by atoms with Crippen molar-refractivity contribution >= 4 is 23.2 Å². The number of rotatable bonds is 9. The van der Waals surface area contributed by atoms with Gasteiger partial charge in [-0.1, -0.05) is 12.1 Å². The standard InChI is InChI=1S/C19H21FN4O5/c1-23(17(18(21)25)12-4-3-5-14(20)10-12)19(26)13-6-7-15(22-8-9-29-2)16(11-13)24(27)28/h3-7,10-11,17,22H,8-9H2,1-2H3,(H2,21,25). The summed E-state index contributed by atoms with van der Waals surface area (Å²) in [7, 11) is 2.82. The highest BCUT2D eigenvalue weighted by molar-refractivity contribution is 5.98. The lowest BCUT2D eigenvalue weighted by molar-refractivity contribution is -0.384. The minimum atomic E-state index is -1.24. The summed E-state index contributed by atoms with van der Waals surface area (Å²) < 4.78 is 18.4. The van der Waals surface area contributed by atoms with Gasteiger partial charge < -0.3 is 20.7 Å². The summed E-state index contributed by atoms with van der Waals surface area (Å²) in [5.41, 5.74) is 5.52. The number of benzene rings is 2. The number of ether oxygens (including phenoxy) is 1. The third kappa shape index (κ3) is 5.26. The fourth-order valence-corrected chi connectivity index (χ4v) is 2.83. The fraction of sp³-hybridized carbons (Fsp3) is 0.263. The van der Waals surface area contributed by atoms with Crippen molar-refractivity contribution in [3.63, 3.8) is 0 Å². The number of amides is 2. The molecule has 10 heteroatoms. The predicted octanol–water partition coefficient (Wildman–Crippen LogP) is 2.09. The van der Waals surface area contributed by atoms with Gasteiger partial charge in [-0.15, -0.1) is 0 Å². The molecule has 0 aliphatic carbocycles. The average molecular weight is 404 g/mol. The van der Waals surface area contributed by atoms with Crippen molar-refractivity contribution in [1.29, 1.82) is 0 Å². The first kappa shape index (κ1) is 21.8. The van der Waals surface area contributed by atoms with E-state index < -0.39 is 28.6 Å². The zero-order chi connectivity index (χ0) is 21.6. The van der Waals surface area contributed by atoms with Crippen LogP contribution in [0.4, 0.5) is 15.8 Å². The van der Waals surface area contributed by atoms with Crippen molar-refractivity contribution in [3.05, 3.63) is 69.5 Å². The molecular weight excluding hydrogens is 383 g/mol. The highest BCUT2D eigenvalue weighted by Gasteiger charge is 2.29. The van der Waals surface area contributed by atoms with Crippen molar-refractivity contribution in [2.75, 3.05) is 32.6 Å². The Balaban J connectivity index is 2.35. The Morgan fingerprint density at radius 2 is 2.03 bits per heavy atom. The predicted molar refractivity (Wildman–Crippen MR) is 104 cm³/mol. The lowest BCUT2D eigenvalue weighted by atomic mass is 10.0. The van der Waals surface area contributed by atoms with E-state index in [-0.39, 0.29) is 22.5 Å². The lowest BCUT2D eigenvalue weighted by Crippen LogP contribution is -2.39. The smallest absolute Gasteiger partial charge is 0.293 e. The molecule has 0 bridgehead atoms. The summed E-state index contributed by atoms with van der Waals surface area (Å²) >= 11 is 0. The highest BCUT2D eigenvalue weighted by atomic mass is 19.1. The number of halogens is 1. The van der Waals surface area contributed by atoms with Gasteiger partial charge in [0.05, 0.1) is 11.5 Å². The maximum atomic E-state index is 13.5. The molecule has 29 heavy (non-hydrogen) atoms. The Morgan fingerprint density at radius 3 is 2.62 bits per heavy atom.